The van der Waals surface area contributed by atoms with Crippen molar-refractivity contribution < 1.29 is 18.7 Å². The molecule has 24 heavy (non-hydrogen) atoms. The molecule has 1 aromatic heterocycles. The lowest BCUT2D eigenvalue weighted by Crippen LogP contribution is -2.34. The van der Waals surface area contributed by atoms with E-state index in [4.69, 9.17) is 25.5 Å². The van der Waals surface area contributed by atoms with Gasteiger partial charge in [0.25, 0.3) is 0 Å². The number of carbonyl (C=O) groups excluding carboxylic acids is 1. The summed E-state index contributed by atoms with van der Waals surface area (Å²) in [7, 11) is 0. The van der Waals surface area contributed by atoms with Crippen LogP contribution in [-0.4, -0.2) is 18.0 Å². The van der Waals surface area contributed by atoms with Crippen LogP contribution in [0.2, 0.25) is 0 Å². The summed E-state index contributed by atoms with van der Waals surface area (Å²) >= 11 is 6.01. The molecule has 2 unspecified atom stereocenters. The van der Waals surface area contributed by atoms with E-state index in [2.05, 4.69) is 0 Å². The highest BCUT2D eigenvalue weighted by Crippen LogP contribution is 2.42. The third kappa shape index (κ3) is 2.67. The van der Waals surface area contributed by atoms with Crippen LogP contribution < -0.4 is 15.1 Å². The molecule has 2 atom stereocenters. The normalized spacial score (nSPS) is 20.2. The first-order chi connectivity index (χ1) is 11.3. The largest absolute Gasteiger partial charge is 0.490 e. The molecule has 1 aliphatic rings. The molecule has 2 heterocycles. The molecular formula is C18H19ClO5. The van der Waals surface area contributed by atoms with Gasteiger partial charge in [-0.2, -0.15) is 0 Å². The van der Waals surface area contributed by atoms with Crippen molar-refractivity contribution in [1.82, 2.24) is 0 Å². The van der Waals surface area contributed by atoms with Crippen molar-refractivity contribution in [3.05, 3.63) is 33.7 Å². The molecule has 0 N–H and O–H groups in total. The van der Waals surface area contributed by atoms with Crippen molar-refractivity contribution in [3.8, 4) is 11.5 Å². The Labute approximate surface area is 144 Å². The second-order valence-corrected chi connectivity index (χ2v) is 6.59. The number of rotatable bonds is 3. The Bertz CT molecular complexity index is 868. The first kappa shape index (κ1) is 16.8. The summed E-state index contributed by atoms with van der Waals surface area (Å²) < 4.78 is 17.1. The highest BCUT2D eigenvalue weighted by molar-refractivity contribution is 6.19. The molecule has 5 nitrogen and oxygen atoms in total. The van der Waals surface area contributed by atoms with Gasteiger partial charge in [0.15, 0.2) is 11.4 Å². The van der Waals surface area contributed by atoms with Gasteiger partial charge in [0, 0.05) is 18.0 Å². The lowest BCUT2D eigenvalue weighted by Gasteiger charge is -2.29. The van der Waals surface area contributed by atoms with Gasteiger partial charge in [-0.25, -0.2) is 4.79 Å². The summed E-state index contributed by atoms with van der Waals surface area (Å²) in [6.45, 7) is 7.41. The van der Waals surface area contributed by atoms with Crippen LogP contribution >= 0.6 is 11.6 Å². The molecule has 0 fully saturated rings. The minimum atomic E-state index is -0.555. The molecule has 0 amide bonds. The Hall–Kier alpha value is -2.01. The molecule has 0 radical (unpaired) electrons. The molecule has 0 saturated heterocycles. The first-order valence-corrected chi connectivity index (χ1v) is 8.44. The lowest BCUT2D eigenvalue weighted by molar-refractivity contribution is 0.0730. The third-order valence-corrected chi connectivity index (χ3v) is 4.50. The molecule has 3 rings (SSSR count). The second kappa shape index (κ2) is 6.13. The summed E-state index contributed by atoms with van der Waals surface area (Å²) in [6.07, 6.45) is -0.366. The van der Waals surface area contributed by atoms with Gasteiger partial charge in [0.05, 0.1) is 17.4 Å². The minimum Gasteiger partial charge on any atom is -0.490 e. The molecule has 0 saturated carbocycles. The summed E-state index contributed by atoms with van der Waals surface area (Å²) in [5.41, 5.74) is 0.493. The first-order valence-electron chi connectivity index (χ1n) is 7.90. The van der Waals surface area contributed by atoms with Gasteiger partial charge < -0.3 is 13.9 Å². The molecule has 128 valence electrons. The van der Waals surface area contributed by atoms with Gasteiger partial charge in [-0.3, -0.25) is 4.79 Å². The molecule has 0 aliphatic carbocycles. The summed E-state index contributed by atoms with van der Waals surface area (Å²) in [6, 6.07) is 3.02. The molecule has 0 bridgehead atoms. The molecule has 1 aliphatic heterocycles. The molecular weight excluding hydrogens is 332 g/mol. The van der Waals surface area contributed by atoms with Crippen LogP contribution in [0.15, 0.2) is 21.3 Å². The predicted octanol–water partition coefficient (Wildman–Crippen LogP) is 3.92. The highest BCUT2D eigenvalue weighted by Gasteiger charge is 2.35. The van der Waals surface area contributed by atoms with Gasteiger partial charge in [-0.1, -0.05) is 6.92 Å². The Balaban J connectivity index is 2.42. The maximum absolute atomic E-state index is 12.8. The number of benzene rings is 1. The fourth-order valence-electron chi connectivity index (χ4n) is 2.88. The van der Waals surface area contributed by atoms with E-state index in [1.165, 1.54) is 6.07 Å². The second-order valence-electron chi connectivity index (χ2n) is 6.32. The van der Waals surface area contributed by atoms with Gasteiger partial charge in [0.1, 0.15) is 23.2 Å². The summed E-state index contributed by atoms with van der Waals surface area (Å²) in [5, 5.41) is 0.552. The van der Waals surface area contributed by atoms with Crippen molar-refractivity contribution in [1.29, 1.82) is 0 Å². The van der Waals surface area contributed by atoms with E-state index < -0.39 is 5.63 Å². The van der Waals surface area contributed by atoms with E-state index in [1.807, 2.05) is 20.8 Å². The average molecular weight is 351 g/mol. The van der Waals surface area contributed by atoms with E-state index in [1.54, 1.807) is 13.0 Å². The number of ether oxygens (including phenoxy) is 2. The highest BCUT2D eigenvalue weighted by atomic mass is 35.5. The molecule has 1 aromatic carbocycles. The fourth-order valence-corrected chi connectivity index (χ4v) is 3.10. The van der Waals surface area contributed by atoms with E-state index in [-0.39, 0.29) is 40.9 Å². The van der Waals surface area contributed by atoms with Crippen LogP contribution in [0, 0.1) is 5.92 Å². The monoisotopic (exact) mass is 350 g/mol. The topological polar surface area (TPSA) is 65.7 Å². The molecule has 6 heteroatoms. The van der Waals surface area contributed by atoms with Gasteiger partial charge in [-0.05, 0) is 26.3 Å². The van der Waals surface area contributed by atoms with Gasteiger partial charge in [-0.15, -0.1) is 11.6 Å². The van der Waals surface area contributed by atoms with Crippen molar-refractivity contribution in [2.45, 2.75) is 45.8 Å². The number of alkyl halides is 1. The van der Waals surface area contributed by atoms with E-state index >= 15 is 0 Å². The number of halogens is 1. The van der Waals surface area contributed by atoms with Gasteiger partial charge >= 0.3 is 5.63 Å². The Morgan fingerprint density at radius 3 is 2.58 bits per heavy atom. The Kier molecular flexibility index (Phi) is 4.30. The predicted molar refractivity (Wildman–Crippen MR) is 91.4 cm³/mol. The zero-order valence-corrected chi connectivity index (χ0v) is 14.8. The number of Topliss-reactive ketones (excluding diaryl/α,β-unsaturated/α-hetero) is 1. The number of hydrogen-bond donors (Lipinski definition) is 0. The number of hydrogen-bond acceptors (Lipinski definition) is 5. The third-order valence-electron chi connectivity index (χ3n) is 4.21. The standard InChI is InChI=1S/C18H19ClO5/c1-8(2)22-12-6-13-16(17(21)9(3)10(4)23-13)18-15(12)11(7-19)5-14(20)24-18/h5-6,8-10H,7H2,1-4H3. The maximum Gasteiger partial charge on any atom is 0.336 e. The molecule has 2 aromatic rings. The van der Waals surface area contributed by atoms with Crippen molar-refractivity contribution >= 4 is 28.4 Å². The van der Waals surface area contributed by atoms with Crippen molar-refractivity contribution in [3.63, 3.8) is 0 Å². The van der Waals surface area contributed by atoms with E-state index in [9.17, 15) is 9.59 Å². The van der Waals surface area contributed by atoms with Crippen LogP contribution in [0.25, 0.3) is 11.0 Å². The van der Waals surface area contributed by atoms with Crippen LogP contribution in [0.4, 0.5) is 0 Å². The smallest absolute Gasteiger partial charge is 0.336 e. The number of carbonyl (C=O) groups is 1. The summed E-state index contributed by atoms with van der Waals surface area (Å²) in [5.74, 6) is 0.537. The zero-order chi connectivity index (χ0) is 17.6. The number of ketones is 1. The molecule has 0 spiro atoms. The van der Waals surface area contributed by atoms with Crippen molar-refractivity contribution in [2.75, 3.05) is 0 Å². The fraction of sp³-hybridized carbons (Fsp3) is 0.444. The Morgan fingerprint density at radius 1 is 1.25 bits per heavy atom. The zero-order valence-electron chi connectivity index (χ0n) is 14.0. The number of fused-ring (bicyclic) bond motifs is 3. The quantitative estimate of drug-likeness (QED) is 0.620. The van der Waals surface area contributed by atoms with E-state index in [0.717, 1.165) is 0 Å². The van der Waals surface area contributed by atoms with Crippen LogP contribution in [-0.2, 0) is 5.88 Å². The average Bonchev–Trinajstić information content (AvgIpc) is 2.50. The van der Waals surface area contributed by atoms with Crippen LogP contribution in [0.3, 0.4) is 0 Å². The lowest BCUT2D eigenvalue weighted by atomic mass is 9.89. The maximum atomic E-state index is 12.8. The summed E-state index contributed by atoms with van der Waals surface area (Å²) in [4.78, 5) is 24.7. The Morgan fingerprint density at radius 2 is 1.96 bits per heavy atom. The van der Waals surface area contributed by atoms with Crippen molar-refractivity contribution in [2.24, 2.45) is 5.92 Å². The SMILES string of the molecule is CC(C)Oc1cc2c(c3oc(=O)cc(CCl)c13)C(=O)C(C)C(C)O2. The van der Waals surface area contributed by atoms with Crippen LogP contribution in [0.5, 0.6) is 11.5 Å². The minimum absolute atomic E-state index is 0.100. The van der Waals surface area contributed by atoms with E-state index in [0.29, 0.717) is 22.4 Å². The van der Waals surface area contributed by atoms with Gasteiger partial charge in [0.2, 0.25) is 0 Å². The van der Waals surface area contributed by atoms with Crippen LogP contribution in [0.1, 0.15) is 43.6 Å².